The third-order valence-corrected chi connectivity index (χ3v) is 10.9. The summed E-state index contributed by atoms with van der Waals surface area (Å²) < 4.78 is 54.7. The molecule has 1 saturated heterocycles. The fourth-order valence-electron chi connectivity index (χ4n) is 6.61. The number of carbonyl (C=O) groups is 1. The summed E-state index contributed by atoms with van der Waals surface area (Å²) in [4.78, 5) is 39.3. The minimum atomic E-state index is -3.89. The molecular formula is C36H33ClF2N8O5S2. The molecule has 6 rings (SSSR count). The molecule has 0 atom stereocenters. The van der Waals surface area contributed by atoms with Gasteiger partial charge < -0.3 is 10.1 Å². The van der Waals surface area contributed by atoms with Crippen LogP contribution in [0.5, 0.6) is 0 Å². The third-order valence-electron chi connectivity index (χ3n) is 9.08. The van der Waals surface area contributed by atoms with Crippen molar-refractivity contribution in [3.63, 3.8) is 0 Å². The number of thiophene rings is 1. The van der Waals surface area contributed by atoms with E-state index in [2.05, 4.69) is 27.9 Å². The summed E-state index contributed by atoms with van der Waals surface area (Å²) in [5, 5.41) is 25.0. The molecule has 0 aliphatic carbocycles. The van der Waals surface area contributed by atoms with Gasteiger partial charge in [-0.2, -0.15) is 9.99 Å². The number of nitrogens with zero attached hydrogens (tertiary/aromatic N) is 7. The van der Waals surface area contributed by atoms with Gasteiger partial charge in [0.15, 0.2) is 6.20 Å². The van der Waals surface area contributed by atoms with E-state index >= 15 is 0 Å². The monoisotopic (exact) mass is 794 g/mol. The van der Waals surface area contributed by atoms with Gasteiger partial charge in [-0.25, -0.2) is 31.9 Å². The van der Waals surface area contributed by atoms with Gasteiger partial charge in [0, 0.05) is 66.3 Å². The number of carbonyl (C=O) groups excluding carboxylic acids is 1. The number of anilines is 1. The number of rotatable bonds is 8. The highest BCUT2D eigenvalue weighted by atomic mass is 35.5. The average molecular weight is 795 g/mol. The van der Waals surface area contributed by atoms with Gasteiger partial charge in [-0.3, -0.25) is 19.1 Å². The lowest BCUT2D eigenvalue weighted by Gasteiger charge is -2.38. The second-order valence-corrected chi connectivity index (χ2v) is 16.2. The normalized spacial score (nSPS) is 14.1. The van der Waals surface area contributed by atoms with E-state index in [9.17, 15) is 37.3 Å². The number of aromatic nitrogens is 4. The van der Waals surface area contributed by atoms with E-state index in [1.54, 1.807) is 43.1 Å². The van der Waals surface area contributed by atoms with Crippen molar-refractivity contribution in [2.75, 3.05) is 37.8 Å². The Morgan fingerprint density at radius 3 is 2.65 bits per heavy atom. The third kappa shape index (κ3) is 8.00. The van der Waals surface area contributed by atoms with Gasteiger partial charge in [-0.1, -0.05) is 23.4 Å². The number of aryl methyl sites for hydroxylation is 1. The minimum Gasteiger partial charge on any atom is -0.618 e. The molecule has 1 N–H and O–H groups in total. The van der Waals surface area contributed by atoms with Crippen LogP contribution < -0.4 is 19.9 Å². The van der Waals surface area contributed by atoms with Crippen molar-refractivity contribution < 1.29 is 26.7 Å². The summed E-state index contributed by atoms with van der Waals surface area (Å²) in [5.41, 5.74) is 1.21. The van der Waals surface area contributed by atoms with Crippen LogP contribution in [0.2, 0.25) is 5.02 Å². The number of alkyl halides is 2. The zero-order chi connectivity index (χ0) is 39.1. The maximum Gasteiger partial charge on any atom is 0.272 e. The molecule has 1 aliphatic heterocycles. The van der Waals surface area contributed by atoms with E-state index in [0.717, 1.165) is 24.5 Å². The van der Waals surface area contributed by atoms with Crippen LogP contribution in [-0.2, 0) is 16.6 Å². The van der Waals surface area contributed by atoms with Gasteiger partial charge in [-0.15, -0.1) is 11.3 Å². The van der Waals surface area contributed by atoms with Crippen molar-refractivity contribution in [2.24, 2.45) is 0 Å². The van der Waals surface area contributed by atoms with Crippen molar-refractivity contribution >= 4 is 65.8 Å². The SMILES string of the molecule is Cc1nc2cnc(N(C)C3CCN(CC(C)(F)F)CC3)c(C#N)c2c(=O)n1CC#Cc1ccc(Cl)cc1-c1cc[n+]([O-])c2c(C(=O)NS(C)(=O)=O)csc12. The Hall–Kier alpha value is -5.20. The van der Waals surface area contributed by atoms with E-state index in [0.29, 0.717) is 68.7 Å². The number of nitriles is 1. The highest BCUT2D eigenvalue weighted by Crippen LogP contribution is 2.36. The lowest BCUT2D eigenvalue weighted by Crippen LogP contribution is -2.46. The Bertz CT molecular complexity index is 2600. The van der Waals surface area contributed by atoms with Gasteiger partial charge in [0.25, 0.3) is 17.4 Å². The Morgan fingerprint density at radius 1 is 1.26 bits per heavy atom. The first kappa shape index (κ1) is 38.5. The molecule has 1 aromatic carbocycles. The number of fused-ring (bicyclic) bond motifs is 2. The Labute approximate surface area is 318 Å². The Kier molecular flexibility index (Phi) is 10.6. The summed E-state index contributed by atoms with van der Waals surface area (Å²) in [7, 11) is -2.12. The summed E-state index contributed by atoms with van der Waals surface area (Å²) >= 11 is 7.46. The maximum absolute atomic E-state index is 14.0. The summed E-state index contributed by atoms with van der Waals surface area (Å²) in [6.45, 7) is 3.03. The Morgan fingerprint density at radius 2 is 1.98 bits per heavy atom. The number of likely N-dealkylation sites (tertiary alicyclic amines) is 1. The van der Waals surface area contributed by atoms with Crippen molar-refractivity contribution in [2.45, 2.75) is 45.2 Å². The van der Waals surface area contributed by atoms with E-state index in [-0.39, 0.29) is 46.7 Å². The molecule has 1 amide bonds. The molecule has 0 unspecified atom stereocenters. The Balaban J connectivity index is 1.33. The van der Waals surface area contributed by atoms with E-state index in [1.807, 2.05) is 9.62 Å². The second kappa shape index (κ2) is 14.9. The summed E-state index contributed by atoms with van der Waals surface area (Å²) in [6, 6.07) is 8.55. The van der Waals surface area contributed by atoms with Crippen LogP contribution in [0, 0.1) is 35.3 Å². The first-order chi connectivity index (χ1) is 25.5. The molecule has 0 bridgehead atoms. The zero-order valence-corrected chi connectivity index (χ0v) is 31.9. The van der Waals surface area contributed by atoms with Gasteiger partial charge in [0.2, 0.25) is 15.5 Å². The molecule has 5 heterocycles. The van der Waals surface area contributed by atoms with Crippen LogP contribution in [0.3, 0.4) is 0 Å². The maximum atomic E-state index is 14.0. The standard InChI is InChI=1S/C36H33ClF2N8O5S2/c1-21-42-29-18-41-33(44(3)24-9-13-45(14-10-24)20-36(2,38)39)27(17-40)30(29)35(49)46(21)12-5-6-22-7-8-23(37)16-26(22)25-11-15-47(50)31-28(19-53-32(25)31)34(48)43-54(4,51)52/h7-8,11,15-16,18-19,24H,9-10,12-14,20H2,1-4H3,(H,43,48). The van der Waals surface area contributed by atoms with Crippen LogP contribution in [0.1, 0.15) is 47.1 Å². The first-order valence-corrected chi connectivity index (χ1v) is 19.7. The molecule has 0 spiro atoms. The highest BCUT2D eigenvalue weighted by molar-refractivity contribution is 7.89. The molecule has 280 valence electrons. The smallest absolute Gasteiger partial charge is 0.272 e. The van der Waals surface area contributed by atoms with Crippen LogP contribution in [0.4, 0.5) is 14.6 Å². The number of nitrogens with one attached hydrogen (secondary N) is 1. The van der Waals surface area contributed by atoms with Crippen molar-refractivity contribution in [1.29, 1.82) is 5.26 Å². The largest absolute Gasteiger partial charge is 0.618 e. The van der Waals surface area contributed by atoms with Crippen molar-refractivity contribution in [3.05, 3.63) is 85.1 Å². The molecule has 18 heteroatoms. The molecule has 1 fully saturated rings. The molecule has 54 heavy (non-hydrogen) atoms. The van der Waals surface area contributed by atoms with Crippen LogP contribution in [-0.4, -0.2) is 78.7 Å². The number of sulfonamides is 1. The average Bonchev–Trinajstić information content (AvgIpc) is 3.55. The van der Waals surface area contributed by atoms with Crippen molar-refractivity contribution in [1.82, 2.24) is 24.2 Å². The molecular weight excluding hydrogens is 762 g/mol. The fourth-order valence-corrected chi connectivity index (χ4v) is 8.30. The summed E-state index contributed by atoms with van der Waals surface area (Å²) in [5.74, 6) is 2.99. The zero-order valence-electron chi connectivity index (χ0n) is 29.5. The number of amides is 1. The molecule has 0 radical (unpaired) electrons. The molecule has 0 saturated carbocycles. The predicted octanol–water partition coefficient (Wildman–Crippen LogP) is 4.44. The number of piperidine rings is 1. The van der Waals surface area contributed by atoms with Gasteiger partial charge in [0.05, 0.1) is 36.4 Å². The second-order valence-electron chi connectivity index (χ2n) is 13.1. The number of benzene rings is 1. The number of hydrogen-bond acceptors (Lipinski definition) is 11. The minimum absolute atomic E-state index is 0.0265. The molecule has 1 aliphatic rings. The number of halogens is 3. The van der Waals surface area contributed by atoms with Crippen molar-refractivity contribution in [3.8, 4) is 29.0 Å². The van der Waals surface area contributed by atoms with Gasteiger partial charge >= 0.3 is 0 Å². The quantitative estimate of drug-likeness (QED) is 0.135. The van der Waals surface area contributed by atoms with E-state index < -0.39 is 27.4 Å². The molecule has 5 aromatic rings. The fraction of sp³-hybridized carbons (Fsp3) is 0.333. The predicted molar refractivity (Wildman–Crippen MR) is 202 cm³/mol. The van der Waals surface area contributed by atoms with Gasteiger partial charge in [-0.05, 0) is 38.0 Å². The van der Waals surface area contributed by atoms with E-state index in [1.165, 1.54) is 22.3 Å². The summed E-state index contributed by atoms with van der Waals surface area (Å²) in [6.07, 6.45) is 4.64. The molecule has 13 nitrogen and oxygen atoms in total. The highest BCUT2D eigenvalue weighted by Gasteiger charge is 2.31. The van der Waals surface area contributed by atoms with Gasteiger partial charge in [0.1, 0.15) is 33.5 Å². The topological polar surface area (TPSA) is 168 Å². The lowest BCUT2D eigenvalue weighted by atomic mass is 10.00. The molecule has 4 aromatic heterocycles. The van der Waals surface area contributed by atoms with Crippen LogP contribution >= 0.6 is 22.9 Å². The van der Waals surface area contributed by atoms with E-state index in [4.69, 9.17) is 11.6 Å². The first-order valence-electron chi connectivity index (χ1n) is 16.5. The number of pyridine rings is 2. The van der Waals surface area contributed by atoms with Crippen LogP contribution in [0.15, 0.2) is 46.8 Å². The van der Waals surface area contributed by atoms with Crippen LogP contribution in [0.25, 0.3) is 32.2 Å². The lowest BCUT2D eigenvalue weighted by molar-refractivity contribution is -0.576. The number of hydrogen-bond donors (Lipinski definition) is 1.